The van der Waals surface area contributed by atoms with E-state index in [4.69, 9.17) is 0 Å². The average Bonchev–Trinajstić information content (AvgIpc) is 2.28. The first-order chi connectivity index (χ1) is 8.15. The highest BCUT2D eigenvalue weighted by molar-refractivity contribution is 5.20. The smallest absolute Gasteiger partial charge is 0.126 e. The quantitative estimate of drug-likeness (QED) is 0.886. The summed E-state index contributed by atoms with van der Waals surface area (Å²) in [4.78, 5) is 7.53. The number of benzene rings is 1. The first kappa shape index (κ1) is 11.6. The molecule has 17 heavy (non-hydrogen) atoms. The average molecular weight is 236 g/mol. The lowest BCUT2D eigenvalue weighted by Crippen LogP contribution is -2.03. The Morgan fingerprint density at radius 2 is 1.65 bits per heavy atom. The summed E-state index contributed by atoms with van der Waals surface area (Å²) in [6.07, 6.45) is 3.51. The standard InChI is InChI=1S/C12H10F2N2O/c13-10-1-8(2-11(14)4-10)3-12(17)9-5-15-7-16-6-9/h1-2,4-7,12,17H,3H2. The molecular formula is C12H10F2N2O. The maximum atomic E-state index is 12.9. The summed E-state index contributed by atoms with van der Waals surface area (Å²) < 4.78 is 25.9. The SMILES string of the molecule is OC(Cc1cc(F)cc(F)c1)c1cncnc1. The second kappa shape index (κ2) is 4.97. The molecule has 0 amide bonds. The molecule has 1 aromatic carbocycles. The van der Waals surface area contributed by atoms with Crippen LogP contribution >= 0.6 is 0 Å². The minimum Gasteiger partial charge on any atom is -0.388 e. The van der Waals surface area contributed by atoms with E-state index < -0.39 is 17.7 Å². The minimum atomic E-state index is -0.877. The number of nitrogens with zero attached hydrogens (tertiary/aromatic N) is 2. The van der Waals surface area contributed by atoms with E-state index in [0.717, 1.165) is 6.07 Å². The summed E-state index contributed by atoms with van der Waals surface area (Å²) in [5.74, 6) is -1.31. The molecule has 0 bridgehead atoms. The van der Waals surface area contributed by atoms with Gasteiger partial charge in [-0.05, 0) is 17.7 Å². The van der Waals surface area contributed by atoms with Gasteiger partial charge in [-0.2, -0.15) is 0 Å². The van der Waals surface area contributed by atoms with Gasteiger partial charge < -0.3 is 5.11 Å². The van der Waals surface area contributed by atoms with Crippen LogP contribution in [0.5, 0.6) is 0 Å². The molecule has 0 saturated carbocycles. The normalized spacial score (nSPS) is 12.4. The third-order valence-electron chi connectivity index (χ3n) is 2.32. The summed E-state index contributed by atoms with van der Waals surface area (Å²) in [7, 11) is 0. The van der Waals surface area contributed by atoms with Gasteiger partial charge in [0.2, 0.25) is 0 Å². The topological polar surface area (TPSA) is 46.0 Å². The van der Waals surface area contributed by atoms with Crippen LogP contribution in [-0.4, -0.2) is 15.1 Å². The van der Waals surface area contributed by atoms with E-state index in [1.165, 1.54) is 30.9 Å². The highest BCUT2D eigenvalue weighted by atomic mass is 19.1. The van der Waals surface area contributed by atoms with Crippen LogP contribution in [0.2, 0.25) is 0 Å². The van der Waals surface area contributed by atoms with Crippen molar-refractivity contribution in [2.24, 2.45) is 0 Å². The number of halogens is 2. The summed E-state index contributed by atoms with van der Waals surface area (Å²) in [5.41, 5.74) is 0.899. The van der Waals surface area contributed by atoms with E-state index in [1.807, 2.05) is 0 Å². The zero-order chi connectivity index (χ0) is 12.3. The number of hydrogen-bond donors (Lipinski definition) is 1. The molecule has 0 fully saturated rings. The number of aliphatic hydroxyl groups excluding tert-OH is 1. The Labute approximate surface area is 96.8 Å². The molecule has 0 radical (unpaired) electrons. The molecular weight excluding hydrogens is 226 g/mol. The molecule has 88 valence electrons. The molecule has 0 aliphatic heterocycles. The Kier molecular flexibility index (Phi) is 3.39. The number of rotatable bonds is 3. The zero-order valence-corrected chi connectivity index (χ0v) is 8.85. The highest BCUT2D eigenvalue weighted by Crippen LogP contribution is 2.18. The Morgan fingerprint density at radius 1 is 1.06 bits per heavy atom. The van der Waals surface area contributed by atoms with E-state index in [1.54, 1.807) is 0 Å². The van der Waals surface area contributed by atoms with E-state index in [2.05, 4.69) is 9.97 Å². The number of aromatic nitrogens is 2. The lowest BCUT2D eigenvalue weighted by molar-refractivity contribution is 0.177. The second-order valence-electron chi connectivity index (χ2n) is 3.67. The van der Waals surface area contributed by atoms with Crippen LogP contribution in [0.25, 0.3) is 0 Å². The van der Waals surface area contributed by atoms with Gasteiger partial charge in [-0.25, -0.2) is 18.7 Å². The second-order valence-corrected chi connectivity index (χ2v) is 3.67. The third-order valence-corrected chi connectivity index (χ3v) is 2.32. The van der Waals surface area contributed by atoms with Crippen LogP contribution < -0.4 is 0 Å². The van der Waals surface area contributed by atoms with Crippen LogP contribution in [0.3, 0.4) is 0 Å². The van der Waals surface area contributed by atoms with Crippen molar-refractivity contribution in [1.82, 2.24) is 9.97 Å². The van der Waals surface area contributed by atoms with E-state index in [0.29, 0.717) is 11.1 Å². The summed E-state index contributed by atoms with van der Waals surface area (Å²) >= 11 is 0. The van der Waals surface area contributed by atoms with Crippen molar-refractivity contribution < 1.29 is 13.9 Å². The molecule has 0 spiro atoms. The fourth-order valence-corrected chi connectivity index (χ4v) is 1.55. The Morgan fingerprint density at radius 3 is 2.24 bits per heavy atom. The highest BCUT2D eigenvalue weighted by Gasteiger charge is 2.10. The van der Waals surface area contributed by atoms with Crippen molar-refractivity contribution in [2.75, 3.05) is 0 Å². The largest absolute Gasteiger partial charge is 0.388 e. The molecule has 2 rings (SSSR count). The molecule has 0 aliphatic rings. The van der Waals surface area contributed by atoms with Crippen molar-refractivity contribution in [2.45, 2.75) is 12.5 Å². The molecule has 1 aromatic heterocycles. The van der Waals surface area contributed by atoms with Gasteiger partial charge in [0.1, 0.15) is 18.0 Å². The van der Waals surface area contributed by atoms with Gasteiger partial charge in [-0.3, -0.25) is 0 Å². The predicted octanol–water partition coefficient (Wildman–Crippen LogP) is 2.03. The molecule has 1 atom stereocenters. The van der Waals surface area contributed by atoms with Crippen molar-refractivity contribution in [3.8, 4) is 0 Å². The van der Waals surface area contributed by atoms with Crippen LogP contribution in [0, 0.1) is 11.6 Å². The Hall–Kier alpha value is -1.88. The minimum absolute atomic E-state index is 0.113. The van der Waals surface area contributed by atoms with Gasteiger partial charge in [0, 0.05) is 30.4 Å². The monoisotopic (exact) mass is 236 g/mol. The van der Waals surface area contributed by atoms with E-state index in [-0.39, 0.29) is 6.42 Å². The molecule has 0 saturated heterocycles. The van der Waals surface area contributed by atoms with Crippen molar-refractivity contribution in [3.05, 3.63) is 59.7 Å². The fraction of sp³-hybridized carbons (Fsp3) is 0.167. The van der Waals surface area contributed by atoms with E-state index >= 15 is 0 Å². The van der Waals surface area contributed by atoms with Gasteiger partial charge in [-0.15, -0.1) is 0 Å². The summed E-state index contributed by atoms with van der Waals surface area (Å²) in [5, 5.41) is 9.83. The van der Waals surface area contributed by atoms with Crippen LogP contribution in [-0.2, 0) is 6.42 Å². The van der Waals surface area contributed by atoms with Crippen LogP contribution in [0.15, 0.2) is 36.9 Å². The summed E-state index contributed by atoms with van der Waals surface area (Å²) in [6.45, 7) is 0. The Balaban J connectivity index is 2.16. The van der Waals surface area contributed by atoms with Gasteiger partial charge >= 0.3 is 0 Å². The predicted molar refractivity (Wildman–Crippen MR) is 57.1 cm³/mol. The van der Waals surface area contributed by atoms with Crippen molar-refractivity contribution in [1.29, 1.82) is 0 Å². The zero-order valence-electron chi connectivity index (χ0n) is 8.85. The van der Waals surface area contributed by atoms with E-state index in [9.17, 15) is 13.9 Å². The van der Waals surface area contributed by atoms with Crippen LogP contribution in [0.1, 0.15) is 17.2 Å². The molecule has 3 nitrogen and oxygen atoms in total. The molecule has 1 unspecified atom stereocenters. The molecule has 2 aromatic rings. The van der Waals surface area contributed by atoms with Crippen LogP contribution in [0.4, 0.5) is 8.78 Å². The maximum Gasteiger partial charge on any atom is 0.126 e. The van der Waals surface area contributed by atoms with Gasteiger partial charge in [0.25, 0.3) is 0 Å². The Bertz CT molecular complexity index is 485. The molecule has 1 N–H and O–H groups in total. The lowest BCUT2D eigenvalue weighted by Gasteiger charge is -2.10. The number of hydrogen-bond acceptors (Lipinski definition) is 3. The number of aliphatic hydroxyl groups is 1. The molecule has 0 aliphatic carbocycles. The maximum absolute atomic E-state index is 12.9. The molecule has 5 heteroatoms. The first-order valence-electron chi connectivity index (χ1n) is 5.03. The van der Waals surface area contributed by atoms with Gasteiger partial charge in [0.15, 0.2) is 0 Å². The summed E-state index contributed by atoms with van der Waals surface area (Å²) in [6, 6.07) is 3.17. The third kappa shape index (κ3) is 3.04. The van der Waals surface area contributed by atoms with Crippen molar-refractivity contribution >= 4 is 0 Å². The fourth-order valence-electron chi connectivity index (χ4n) is 1.55. The first-order valence-corrected chi connectivity index (χ1v) is 5.03. The molecule has 1 heterocycles. The van der Waals surface area contributed by atoms with Gasteiger partial charge in [0.05, 0.1) is 6.10 Å². The lowest BCUT2D eigenvalue weighted by atomic mass is 10.0. The van der Waals surface area contributed by atoms with Gasteiger partial charge in [-0.1, -0.05) is 0 Å². The van der Waals surface area contributed by atoms with Crippen molar-refractivity contribution in [3.63, 3.8) is 0 Å².